The molecule has 0 bridgehead atoms. The van der Waals surface area contributed by atoms with Crippen molar-refractivity contribution >= 4 is 29.2 Å². The first-order chi connectivity index (χ1) is 18.0. The van der Waals surface area contributed by atoms with Gasteiger partial charge >= 0.3 is 6.09 Å². The number of ether oxygens (including phenoxy) is 1. The molecule has 1 aliphatic heterocycles. The molecule has 1 N–H and O–H groups in total. The highest BCUT2D eigenvalue weighted by Gasteiger charge is 2.35. The van der Waals surface area contributed by atoms with Crippen molar-refractivity contribution in [1.29, 1.82) is 0 Å². The molecule has 4 rings (SSSR count). The van der Waals surface area contributed by atoms with Gasteiger partial charge in [-0.05, 0) is 42.3 Å². The van der Waals surface area contributed by atoms with Gasteiger partial charge in [0.25, 0.3) is 0 Å². The molecule has 0 radical (unpaired) electrons. The van der Waals surface area contributed by atoms with E-state index in [1.54, 1.807) is 21.1 Å². The van der Waals surface area contributed by atoms with Crippen molar-refractivity contribution in [3.63, 3.8) is 0 Å². The maximum absolute atomic E-state index is 13.9. The number of nitrogens with one attached hydrogen (secondary N) is 1. The van der Waals surface area contributed by atoms with E-state index in [1.165, 1.54) is 13.5 Å². The van der Waals surface area contributed by atoms with Crippen molar-refractivity contribution in [2.45, 2.75) is 57.7 Å². The first-order valence-corrected chi connectivity index (χ1v) is 14.1. The molecule has 0 spiro atoms. The largest absolute Gasteiger partial charge is 0.453 e. The lowest BCUT2D eigenvalue weighted by Gasteiger charge is -2.37. The molecule has 2 aliphatic rings. The monoisotopic (exact) mass is 526 g/mol. The Morgan fingerprint density at radius 3 is 2.43 bits per heavy atom. The molecule has 1 saturated heterocycles. The molecule has 1 aromatic carbocycles. The lowest BCUT2D eigenvalue weighted by atomic mass is 9.94. The summed E-state index contributed by atoms with van der Waals surface area (Å²) in [5.74, 6) is -0.200. The van der Waals surface area contributed by atoms with Gasteiger partial charge in [-0.2, -0.15) is 0 Å². The number of carbonyl (C=O) groups is 3. The zero-order valence-corrected chi connectivity index (χ0v) is 22.7. The number of carbonyl (C=O) groups excluding carboxylic acids is 3. The van der Waals surface area contributed by atoms with E-state index in [2.05, 4.69) is 10.2 Å². The average Bonchev–Trinajstić information content (AvgIpc) is 3.43. The summed E-state index contributed by atoms with van der Waals surface area (Å²) in [6, 6.07) is 11.3. The van der Waals surface area contributed by atoms with Crippen LogP contribution in [0.4, 0.5) is 4.79 Å². The van der Waals surface area contributed by atoms with E-state index in [4.69, 9.17) is 4.74 Å². The SMILES string of the molecule is COC(=O)N1CCN(CC(=O)N(Cc2cccs2)C(C(=O)NC2CCCCC2)c2ccccc2C)CC1. The summed E-state index contributed by atoms with van der Waals surface area (Å²) in [7, 11) is 1.38. The first-order valence-electron chi connectivity index (χ1n) is 13.2. The van der Waals surface area contributed by atoms with Gasteiger partial charge < -0.3 is 19.9 Å². The summed E-state index contributed by atoms with van der Waals surface area (Å²) in [5.41, 5.74) is 1.85. The maximum Gasteiger partial charge on any atom is 0.409 e. The van der Waals surface area contributed by atoms with Gasteiger partial charge in [0.1, 0.15) is 6.04 Å². The van der Waals surface area contributed by atoms with Gasteiger partial charge in [0.05, 0.1) is 20.2 Å². The van der Waals surface area contributed by atoms with Crippen LogP contribution in [0.1, 0.15) is 54.1 Å². The summed E-state index contributed by atoms with van der Waals surface area (Å²) >= 11 is 1.59. The fourth-order valence-corrected chi connectivity index (χ4v) is 5.97. The molecule has 1 aromatic heterocycles. The third kappa shape index (κ3) is 7.11. The van der Waals surface area contributed by atoms with Crippen LogP contribution in [0.3, 0.4) is 0 Å². The Hall–Kier alpha value is -2.91. The van der Waals surface area contributed by atoms with Gasteiger partial charge in [0, 0.05) is 37.1 Å². The minimum Gasteiger partial charge on any atom is -0.453 e. The molecular formula is C28H38N4O4S. The number of benzene rings is 1. The highest BCUT2D eigenvalue weighted by atomic mass is 32.1. The van der Waals surface area contributed by atoms with Crippen molar-refractivity contribution in [2.75, 3.05) is 39.8 Å². The fourth-order valence-electron chi connectivity index (χ4n) is 5.26. The molecule has 37 heavy (non-hydrogen) atoms. The molecular weight excluding hydrogens is 488 g/mol. The number of amides is 3. The molecule has 1 aliphatic carbocycles. The van der Waals surface area contributed by atoms with Crippen LogP contribution in [0.15, 0.2) is 41.8 Å². The van der Waals surface area contributed by atoms with E-state index in [-0.39, 0.29) is 30.5 Å². The van der Waals surface area contributed by atoms with Crippen LogP contribution in [0, 0.1) is 6.92 Å². The standard InChI is InChI=1S/C28H38N4O4S/c1-21-9-6-7-13-24(21)26(27(34)29-22-10-4-3-5-11-22)32(19-23-12-8-18-37-23)25(33)20-30-14-16-31(17-15-30)28(35)36-2/h6-9,12-13,18,22,26H,3-5,10-11,14-17,19-20H2,1-2H3,(H,29,34). The Bertz CT molecular complexity index is 1050. The molecule has 2 aromatic rings. The normalized spacial score (nSPS) is 17.7. The highest BCUT2D eigenvalue weighted by Crippen LogP contribution is 2.29. The third-order valence-electron chi connectivity index (χ3n) is 7.39. The lowest BCUT2D eigenvalue weighted by molar-refractivity contribution is -0.143. The molecule has 1 saturated carbocycles. The summed E-state index contributed by atoms with van der Waals surface area (Å²) in [5, 5.41) is 5.28. The number of rotatable bonds is 8. The molecule has 3 amide bonds. The number of methoxy groups -OCH3 is 1. The van der Waals surface area contributed by atoms with Crippen molar-refractivity contribution in [2.24, 2.45) is 0 Å². The number of nitrogens with zero attached hydrogens (tertiary/aromatic N) is 3. The predicted octanol–water partition coefficient (Wildman–Crippen LogP) is 3.96. The van der Waals surface area contributed by atoms with Gasteiger partial charge in [-0.1, -0.05) is 49.6 Å². The van der Waals surface area contributed by atoms with Gasteiger partial charge in [-0.25, -0.2) is 4.79 Å². The highest BCUT2D eigenvalue weighted by molar-refractivity contribution is 7.09. The molecule has 2 heterocycles. The van der Waals surface area contributed by atoms with Crippen LogP contribution >= 0.6 is 11.3 Å². The van der Waals surface area contributed by atoms with Crippen LogP contribution in [-0.2, 0) is 20.9 Å². The molecule has 9 heteroatoms. The Labute approximate surface area is 223 Å². The number of thiophene rings is 1. The Kier molecular flexibility index (Phi) is 9.57. The van der Waals surface area contributed by atoms with E-state index in [0.29, 0.717) is 32.7 Å². The number of hydrogen-bond donors (Lipinski definition) is 1. The van der Waals surface area contributed by atoms with E-state index in [1.807, 2.05) is 48.7 Å². The summed E-state index contributed by atoms with van der Waals surface area (Å²) in [6.07, 6.45) is 5.07. The fraction of sp³-hybridized carbons (Fsp3) is 0.536. The topological polar surface area (TPSA) is 82.2 Å². The second kappa shape index (κ2) is 13.1. The van der Waals surface area contributed by atoms with Crippen molar-refractivity contribution in [3.8, 4) is 0 Å². The second-order valence-corrected chi connectivity index (χ2v) is 11.0. The van der Waals surface area contributed by atoms with Gasteiger partial charge in [-0.15, -0.1) is 11.3 Å². The zero-order valence-electron chi connectivity index (χ0n) is 21.9. The maximum atomic E-state index is 13.9. The molecule has 200 valence electrons. The van der Waals surface area contributed by atoms with E-state index in [0.717, 1.165) is 41.7 Å². The van der Waals surface area contributed by atoms with Crippen LogP contribution in [0.5, 0.6) is 0 Å². The summed E-state index contributed by atoms with van der Waals surface area (Å²) < 4.78 is 4.83. The number of piperazine rings is 1. The van der Waals surface area contributed by atoms with Crippen LogP contribution in [-0.4, -0.2) is 78.5 Å². The number of aryl methyl sites for hydroxylation is 1. The van der Waals surface area contributed by atoms with Crippen molar-refractivity contribution in [1.82, 2.24) is 20.0 Å². The minimum absolute atomic E-state index is 0.0908. The molecule has 1 atom stereocenters. The van der Waals surface area contributed by atoms with Crippen LogP contribution in [0.25, 0.3) is 0 Å². The first kappa shape index (κ1) is 27.1. The van der Waals surface area contributed by atoms with E-state index < -0.39 is 6.04 Å². The van der Waals surface area contributed by atoms with Crippen LogP contribution in [0.2, 0.25) is 0 Å². The lowest BCUT2D eigenvalue weighted by Crippen LogP contribution is -2.53. The summed E-state index contributed by atoms with van der Waals surface area (Å²) in [6.45, 7) is 4.74. The summed E-state index contributed by atoms with van der Waals surface area (Å²) in [4.78, 5) is 46.2. The zero-order chi connectivity index (χ0) is 26.2. The molecule has 2 fully saturated rings. The van der Waals surface area contributed by atoms with Gasteiger partial charge in [0.2, 0.25) is 11.8 Å². The molecule has 1 unspecified atom stereocenters. The van der Waals surface area contributed by atoms with E-state index in [9.17, 15) is 14.4 Å². The van der Waals surface area contributed by atoms with Crippen molar-refractivity contribution < 1.29 is 19.1 Å². The third-order valence-corrected chi connectivity index (χ3v) is 8.25. The van der Waals surface area contributed by atoms with E-state index >= 15 is 0 Å². The van der Waals surface area contributed by atoms with Crippen molar-refractivity contribution in [3.05, 3.63) is 57.8 Å². The van der Waals surface area contributed by atoms with Crippen LogP contribution < -0.4 is 5.32 Å². The Balaban J connectivity index is 1.58. The minimum atomic E-state index is -0.714. The Morgan fingerprint density at radius 2 is 1.78 bits per heavy atom. The second-order valence-electron chi connectivity index (χ2n) is 9.94. The smallest absolute Gasteiger partial charge is 0.409 e. The van der Waals surface area contributed by atoms with Gasteiger partial charge in [-0.3, -0.25) is 14.5 Å². The number of hydrogen-bond acceptors (Lipinski definition) is 6. The molecule has 8 nitrogen and oxygen atoms in total. The quantitative estimate of drug-likeness (QED) is 0.563. The average molecular weight is 527 g/mol. The Morgan fingerprint density at radius 1 is 1.05 bits per heavy atom. The predicted molar refractivity (Wildman–Crippen MR) is 144 cm³/mol. The van der Waals surface area contributed by atoms with Gasteiger partial charge in [0.15, 0.2) is 0 Å².